The van der Waals surface area contributed by atoms with Crippen LogP contribution in [0.5, 0.6) is 0 Å². The maximum Gasteiger partial charge on any atom is 0.433 e. The molecule has 0 radical (unpaired) electrons. The molecule has 0 aromatic carbocycles. The number of alkyl halides is 3. The molecule has 1 amide bonds. The summed E-state index contributed by atoms with van der Waals surface area (Å²) < 4.78 is 42.5. The quantitative estimate of drug-likeness (QED) is 0.871. The molecule has 22 heavy (non-hydrogen) atoms. The number of amides is 1. The fraction of sp³-hybridized carbons (Fsp3) is 0.500. The number of hydrogen-bond donors (Lipinski definition) is 1. The zero-order valence-electron chi connectivity index (χ0n) is 11.4. The molecule has 1 unspecified atom stereocenters. The number of nitrogens with zero attached hydrogens (tertiary/aromatic N) is 2. The Labute approximate surface area is 137 Å². The number of ether oxygens (including phenoxy) is 1. The molecule has 0 aliphatic carbocycles. The van der Waals surface area contributed by atoms with Gasteiger partial charge in [-0.25, -0.2) is 0 Å². The lowest BCUT2D eigenvalue weighted by atomic mass is 10.2. The van der Waals surface area contributed by atoms with Crippen molar-refractivity contribution >= 4 is 30.7 Å². The second-order valence-corrected chi connectivity index (χ2v) is 4.41. The number of aromatic nitrogens is 1. The van der Waals surface area contributed by atoms with E-state index in [1.54, 1.807) is 0 Å². The molecule has 2 rings (SSSR count). The molecule has 5 nitrogen and oxygen atoms in total. The molecule has 2 heterocycles. The highest BCUT2D eigenvalue weighted by Gasteiger charge is 2.32. The molecule has 1 fully saturated rings. The molecule has 0 saturated carbocycles. The lowest BCUT2D eigenvalue weighted by Crippen LogP contribution is -2.48. The van der Waals surface area contributed by atoms with Crippen molar-refractivity contribution in [2.45, 2.75) is 12.3 Å². The van der Waals surface area contributed by atoms with Crippen molar-refractivity contribution in [3.05, 3.63) is 29.6 Å². The lowest BCUT2D eigenvalue weighted by Gasteiger charge is -2.32. The van der Waals surface area contributed by atoms with Gasteiger partial charge in [0.25, 0.3) is 5.91 Å². The topological polar surface area (TPSA) is 68.5 Å². The van der Waals surface area contributed by atoms with Gasteiger partial charge in [-0.15, -0.1) is 24.8 Å². The SMILES string of the molecule is Cl.Cl.NCC1CN(C(=O)c2ccc(C(F)(F)F)nc2)CCO1. The minimum Gasteiger partial charge on any atom is -0.373 e. The van der Waals surface area contributed by atoms with Crippen LogP contribution in [-0.4, -0.2) is 48.1 Å². The summed E-state index contributed by atoms with van der Waals surface area (Å²) in [5.74, 6) is -0.368. The number of carbonyl (C=O) groups is 1. The van der Waals surface area contributed by atoms with E-state index in [0.717, 1.165) is 18.3 Å². The van der Waals surface area contributed by atoms with Gasteiger partial charge in [0.2, 0.25) is 0 Å². The predicted molar refractivity (Wildman–Crippen MR) is 78.4 cm³/mol. The normalized spacial score (nSPS) is 18.2. The van der Waals surface area contributed by atoms with E-state index in [4.69, 9.17) is 10.5 Å². The summed E-state index contributed by atoms with van der Waals surface area (Å²) in [6, 6.07) is 1.93. The predicted octanol–water partition coefficient (Wildman–Crippen LogP) is 1.74. The van der Waals surface area contributed by atoms with Crippen molar-refractivity contribution in [2.24, 2.45) is 5.73 Å². The van der Waals surface area contributed by atoms with Crippen LogP contribution in [0.4, 0.5) is 13.2 Å². The first-order chi connectivity index (χ1) is 9.41. The molecule has 1 aromatic heterocycles. The van der Waals surface area contributed by atoms with E-state index in [2.05, 4.69) is 4.98 Å². The van der Waals surface area contributed by atoms with E-state index in [1.165, 1.54) is 4.90 Å². The van der Waals surface area contributed by atoms with Crippen molar-refractivity contribution in [2.75, 3.05) is 26.2 Å². The van der Waals surface area contributed by atoms with Crippen LogP contribution in [0.25, 0.3) is 0 Å². The Morgan fingerprint density at radius 3 is 2.59 bits per heavy atom. The van der Waals surface area contributed by atoms with Gasteiger partial charge in [-0.1, -0.05) is 0 Å². The van der Waals surface area contributed by atoms with Crippen LogP contribution in [-0.2, 0) is 10.9 Å². The molecule has 1 aromatic rings. The average molecular weight is 362 g/mol. The number of carbonyl (C=O) groups excluding carboxylic acids is 1. The summed E-state index contributed by atoms with van der Waals surface area (Å²) >= 11 is 0. The van der Waals surface area contributed by atoms with Crippen LogP contribution in [0.2, 0.25) is 0 Å². The van der Waals surface area contributed by atoms with Crippen LogP contribution in [0, 0.1) is 0 Å². The van der Waals surface area contributed by atoms with Gasteiger partial charge >= 0.3 is 6.18 Å². The third-order valence-electron chi connectivity index (χ3n) is 2.99. The van der Waals surface area contributed by atoms with E-state index in [-0.39, 0.29) is 48.9 Å². The maximum absolute atomic E-state index is 12.4. The fourth-order valence-electron chi connectivity index (χ4n) is 1.92. The fourth-order valence-corrected chi connectivity index (χ4v) is 1.92. The standard InChI is InChI=1S/C12H14F3N3O2.2ClH/c13-12(14,15)10-2-1-8(6-17-10)11(19)18-3-4-20-9(5-16)7-18;;/h1-2,6,9H,3-5,7,16H2;2*1H. The van der Waals surface area contributed by atoms with Crippen LogP contribution >= 0.6 is 24.8 Å². The number of hydrogen-bond acceptors (Lipinski definition) is 4. The molecule has 0 bridgehead atoms. The maximum atomic E-state index is 12.4. The van der Waals surface area contributed by atoms with Crippen LogP contribution in [0.15, 0.2) is 18.3 Å². The van der Waals surface area contributed by atoms with Gasteiger partial charge in [-0.05, 0) is 12.1 Å². The molecule has 1 aliphatic heterocycles. The zero-order valence-corrected chi connectivity index (χ0v) is 13.0. The third-order valence-corrected chi connectivity index (χ3v) is 2.99. The summed E-state index contributed by atoms with van der Waals surface area (Å²) in [5.41, 5.74) is 4.57. The molecule has 2 N–H and O–H groups in total. The molecule has 1 aliphatic rings. The highest BCUT2D eigenvalue weighted by Crippen LogP contribution is 2.27. The summed E-state index contributed by atoms with van der Waals surface area (Å²) in [6.07, 6.45) is -3.81. The summed E-state index contributed by atoms with van der Waals surface area (Å²) in [6.45, 7) is 1.36. The molecular formula is C12H16Cl2F3N3O2. The summed E-state index contributed by atoms with van der Waals surface area (Å²) in [4.78, 5) is 16.9. The molecule has 1 atom stereocenters. The summed E-state index contributed by atoms with van der Waals surface area (Å²) in [5, 5.41) is 0. The molecular weight excluding hydrogens is 346 g/mol. The second kappa shape index (κ2) is 8.52. The first-order valence-corrected chi connectivity index (χ1v) is 6.06. The lowest BCUT2D eigenvalue weighted by molar-refractivity contribution is -0.141. The van der Waals surface area contributed by atoms with Crippen molar-refractivity contribution in [3.8, 4) is 0 Å². The van der Waals surface area contributed by atoms with Gasteiger partial charge in [0, 0.05) is 25.8 Å². The van der Waals surface area contributed by atoms with Crippen LogP contribution < -0.4 is 5.73 Å². The Morgan fingerprint density at radius 1 is 1.41 bits per heavy atom. The van der Waals surface area contributed by atoms with Crippen molar-refractivity contribution in [3.63, 3.8) is 0 Å². The van der Waals surface area contributed by atoms with Gasteiger partial charge in [0.1, 0.15) is 5.69 Å². The Kier molecular flexibility index (Phi) is 8.10. The van der Waals surface area contributed by atoms with E-state index in [1.807, 2.05) is 0 Å². The Morgan fingerprint density at radius 2 is 2.09 bits per heavy atom. The van der Waals surface area contributed by atoms with Gasteiger partial charge in [0.15, 0.2) is 0 Å². The smallest absolute Gasteiger partial charge is 0.373 e. The third kappa shape index (κ3) is 4.98. The van der Waals surface area contributed by atoms with Crippen LogP contribution in [0.1, 0.15) is 16.1 Å². The molecule has 10 heteroatoms. The first-order valence-electron chi connectivity index (χ1n) is 6.06. The van der Waals surface area contributed by atoms with E-state index < -0.39 is 11.9 Å². The minimum absolute atomic E-state index is 0. The number of rotatable bonds is 2. The Bertz CT molecular complexity index is 485. The second-order valence-electron chi connectivity index (χ2n) is 4.41. The van der Waals surface area contributed by atoms with Gasteiger partial charge in [-0.3, -0.25) is 9.78 Å². The first kappa shape index (κ1) is 20.9. The van der Waals surface area contributed by atoms with Gasteiger partial charge in [-0.2, -0.15) is 13.2 Å². The molecule has 0 spiro atoms. The Hall–Kier alpha value is -1.09. The van der Waals surface area contributed by atoms with E-state index in [0.29, 0.717) is 19.7 Å². The molecule has 1 saturated heterocycles. The largest absolute Gasteiger partial charge is 0.433 e. The van der Waals surface area contributed by atoms with E-state index in [9.17, 15) is 18.0 Å². The van der Waals surface area contributed by atoms with Crippen molar-refractivity contribution in [1.29, 1.82) is 0 Å². The Balaban J connectivity index is 0.00000220. The number of nitrogens with two attached hydrogens (primary N) is 1. The highest BCUT2D eigenvalue weighted by atomic mass is 35.5. The zero-order chi connectivity index (χ0) is 14.8. The van der Waals surface area contributed by atoms with Crippen molar-refractivity contribution < 1.29 is 22.7 Å². The highest BCUT2D eigenvalue weighted by molar-refractivity contribution is 5.94. The number of morpholine rings is 1. The minimum atomic E-state index is -4.51. The van der Waals surface area contributed by atoms with E-state index >= 15 is 0 Å². The molecule has 126 valence electrons. The summed E-state index contributed by atoms with van der Waals surface area (Å²) in [7, 11) is 0. The number of pyridine rings is 1. The van der Waals surface area contributed by atoms with Gasteiger partial charge < -0.3 is 15.4 Å². The monoisotopic (exact) mass is 361 g/mol. The number of halogens is 5. The van der Waals surface area contributed by atoms with Crippen LogP contribution in [0.3, 0.4) is 0 Å². The van der Waals surface area contributed by atoms with Gasteiger partial charge in [0.05, 0.1) is 18.3 Å². The average Bonchev–Trinajstić information content (AvgIpc) is 2.46. The van der Waals surface area contributed by atoms with Crippen molar-refractivity contribution in [1.82, 2.24) is 9.88 Å².